The van der Waals surface area contributed by atoms with Crippen molar-refractivity contribution in [2.24, 2.45) is 4.99 Å². The molecule has 2 aromatic heterocycles. The zero-order valence-electron chi connectivity index (χ0n) is 9.91. The highest BCUT2D eigenvalue weighted by Crippen LogP contribution is 2.30. The van der Waals surface area contributed by atoms with Crippen LogP contribution in [0.4, 0.5) is 5.69 Å². The molecular weight excluding hydrogens is 298 g/mol. The number of nitrogens with zero attached hydrogens (tertiary/aromatic N) is 3. The van der Waals surface area contributed by atoms with Crippen LogP contribution in [0.15, 0.2) is 50.5 Å². The smallest absolute Gasteiger partial charge is 0.293 e. The Bertz CT molecular complexity index is 792. The number of hydrogen-bond donors (Lipinski definition) is 0. The van der Waals surface area contributed by atoms with Crippen molar-refractivity contribution in [1.82, 2.24) is 10.1 Å². The summed E-state index contributed by atoms with van der Waals surface area (Å²) >= 11 is 10.6. The lowest BCUT2D eigenvalue weighted by Gasteiger charge is -1.98. The molecular formula is C13H6ClN3O2S. The van der Waals surface area contributed by atoms with Crippen molar-refractivity contribution in [2.45, 2.75) is 0 Å². The predicted molar refractivity (Wildman–Crippen MR) is 77.1 cm³/mol. The van der Waals surface area contributed by atoms with Crippen LogP contribution in [0.25, 0.3) is 23.0 Å². The molecule has 98 valence electrons. The predicted octanol–water partition coefficient (Wildman–Crippen LogP) is 4.38. The van der Waals surface area contributed by atoms with Crippen molar-refractivity contribution < 1.29 is 8.94 Å². The van der Waals surface area contributed by atoms with Gasteiger partial charge in [-0.1, -0.05) is 16.8 Å². The van der Waals surface area contributed by atoms with E-state index in [1.165, 1.54) is 6.26 Å². The molecule has 3 aromatic rings. The molecule has 0 atom stereocenters. The molecule has 0 fully saturated rings. The lowest BCUT2D eigenvalue weighted by Crippen LogP contribution is -1.81. The van der Waals surface area contributed by atoms with E-state index in [-0.39, 0.29) is 0 Å². The number of rotatable bonds is 3. The molecule has 20 heavy (non-hydrogen) atoms. The third-order valence-corrected chi connectivity index (χ3v) is 2.94. The van der Waals surface area contributed by atoms with Gasteiger partial charge in [0.25, 0.3) is 5.89 Å². The molecule has 5 nitrogen and oxygen atoms in total. The fourth-order valence-electron chi connectivity index (χ4n) is 1.63. The Morgan fingerprint density at radius 2 is 2.20 bits per heavy atom. The SMILES string of the molecule is S=C=Nc1cc(-c2noc(-c3ccco3)n2)ccc1Cl. The molecule has 0 saturated heterocycles. The molecule has 1 aromatic carbocycles. The second-order valence-electron chi connectivity index (χ2n) is 3.77. The molecule has 0 saturated carbocycles. The van der Waals surface area contributed by atoms with Gasteiger partial charge in [-0.05, 0) is 42.5 Å². The van der Waals surface area contributed by atoms with Gasteiger partial charge in [-0.15, -0.1) is 0 Å². The molecule has 0 aliphatic rings. The first-order valence-electron chi connectivity index (χ1n) is 5.53. The first-order chi connectivity index (χ1) is 9.78. The monoisotopic (exact) mass is 303 g/mol. The zero-order chi connectivity index (χ0) is 13.9. The number of furan rings is 1. The topological polar surface area (TPSA) is 64.4 Å². The Balaban J connectivity index is 2.01. The average Bonchev–Trinajstić information content (AvgIpc) is 3.11. The molecule has 7 heteroatoms. The van der Waals surface area contributed by atoms with Gasteiger partial charge in [0, 0.05) is 5.56 Å². The van der Waals surface area contributed by atoms with Crippen LogP contribution in [0, 0.1) is 0 Å². The first-order valence-corrected chi connectivity index (χ1v) is 6.32. The summed E-state index contributed by atoms with van der Waals surface area (Å²) < 4.78 is 10.3. The second-order valence-corrected chi connectivity index (χ2v) is 4.36. The standard InChI is InChI=1S/C13H6ClN3O2S/c14-9-4-3-8(6-10(9)15-7-20)12-16-13(19-17-12)11-2-1-5-18-11/h1-6H. The van der Waals surface area contributed by atoms with Crippen molar-refractivity contribution in [3.8, 4) is 23.0 Å². The Morgan fingerprint density at radius 1 is 1.30 bits per heavy atom. The fourth-order valence-corrected chi connectivity index (χ4v) is 1.89. The van der Waals surface area contributed by atoms with E-state index in [4.69, 9.17) is 20.5 Å². The normalized spacial score (nSPS) is 10.2. The molecule has 0 radical (unpaired) electrons. The summed E-state index contributed by atoms with van der Waals surface area (Å²) in [6.07, 6.45) is 1.54. The molecule has 2 heterocycles. The number of thiocarbonyl (C=S) groups is 1. The van der Waals surface area contributed by atoms with E-state index >= 15 is 0 Å². The zero-order valence-corrected chi connectivity index (χ0v) is 11.5. The summed E-state index contributed by atoms with van der Waals surface area (Å²) in [6.45, 7) is 0. The van der Waals surface area contributed by atoms with E-state index in [1.54, 1.807) is 30.3 Å². The number of aliphatic imine (C=N–C) groups is 1. The number of isothiocyanates is 1. The van der Waals surface area contributed by atoms with Gasteiger partial charge in [0.2, 0.25) is 5.82 Å². The Labute approximate surface area is 123 Å². The summed E-state index contributed by atoms with van der Waals surface area (Å²) in [6, 6.07) is 8.64. The molecule has 0 aliphatic heterocycles. The van der Waals surface area contributed by atoms with Gasteiger partial charge in [0.15, 0.2) is 5.76 Å². The van der Waals surface area contributed by atoms with Gasteiger partial charge in [-0.2, -0.15) is 9.98 Å². The maximum atomic E-state index is 5.99. The summed E-state index contributed by atoms with van der Waals surface area (Å²) in [5, 5.41) is 6.64. The number of hydrogen-bond acceptors (Lipinski definition) is 6. The van der Waals surface area contributed by atoms with Crippen LogP contribution in [0.3, 0.4) is 0 Å². The van der Waals surface area contributed by atoms with Crippen molar-refractivity contribution in [2.75, 3.05) is 0 Å². The molecule has 0 unspecified atom stereocenters. The summed E-state index contributed by atoms with van der Waals surface area (Å²) in [7, 11) is 0. The largest absolute Gasteiger partial charge is 0.459 e. The molecule has 0 N–H and O–H groups in total. The van der Waals surface area contributed by atoms with Gasteiger partial charge in [0.1, 0.15) is 0 Å². The Morgan fingerprint density at radius 3 is 2.95 bits per heavy atom. The van der Waals surface area contributed by atoms with Crippen LogP contribution in [0.5, 0.6) is 0 Å². The van der Waals surface area contributed by atoms with Crippen LogP contribution in [0.1, 0.15) is 0 Å². The van der Waals surface area contributed by atoms with E-state index < -0.39 is 0 Å². The van der Waals surface area contributed by atoms with Crippen molar-refractivity contribution >= 4 is 34.7 Å². The van der Waals surface area contributed by atoms with Crippen molar-refractivity contribution in [1.29, 1.82) is 0 Å². The summed E-state index contributed by atoms with van der Waals surface area (Å²) in [4.78, 5) is 8.13. The number of halogens is 1. The molecule has 0 aliphatic carbocycles. The Kier molecular flexibility index (Phi) is 3.43. The van der Waals surface area contributed by atoms with Crippen LogP contribution < -0.4 is 0 Å². The van der Waals surface area contributed by atoms with Gasteiger partial charge in [-0.3, -0.25) is 0 Å². The minimum atomic E-state index is 0.305. The minimum absolute atomic E-state index is 0.305. The Hall–Kier alpha value is -2.27. The fraction of sp³-hybridized carbons (Fsp3) is 0. The third kappa shape index (κ3) is 2.40. The highest BCUT2D eigenvalue weighted by Gasteiger charge is 2.13. The number of benzene rings is 1. The molecule has 0 amide bonds. The van der Waals surface area contributed by atoms with E-state index in [1.807, 2.05) is 0 Å². The highest BCUT2D eigenvalue weighted by atomic mass is 35.5. The average molecular weight is 304 g/mol. The van der Waals surface area contributed by atoms with E-state index in [9.17, 15) is 0 Å². The summed E-state index contributed by atoms with van der Waals surface area (Å²) in [5.74, 6) is 1.23. The van der Waals surface area contributed by atoms with Crippen LogP contribution in [-0.2, 0) is 0 Å². The summed E-state index contributed by atoms with van der Waals surface area (Å²) in [5.41, 5.74) is 1.21. The van der Waals surface area contributed by atoms with Gasteiger partial charge in [-0.25, -0.2) is 0 Å². The van der Waals surface area contributed by atoms with Gasteiger partial charge in [0.05, 0.1) is 22.1 Å². The molecule has 3 rings (SSSR count). The highest BCUT2D eigenvalue weighted by molar-refractivity contribution is 7.78. The van der Waals surface area contributed by atoms with E-state index in [2.05, 4.69) is 32.5 Å². The van der Waals surface area contributed by atoms with Gasteiger partial charge >= 0.3 is 0 Å². The lowest BCUT2D eigenvalue weighted by atomic mass is 10.2. The number of aromatic nitrogens is 2. The van der Waals surface area contributed by atoms with Crippen LogP contribution in [-0.4, -0.2) is 15.3 Å². The maximum absolute atomic E-state index is 5.99. The molecule has 0 bridgehead atoms. The van der Waals surface area contributed by atoms with Crippen LogP contribution in [0.2, 0.25) is 5.02 Å². The van der Waals surface area contributed by atoms with Gasteiger partial charge < -0.3 is 8.94 Å². The molecule has 0 spiro atoms. The first kappa shape index (κ1) is 12.7. The van der Waals surface area contributed by atoms with E-state index in [0.717, 1.165) is 0 Å². The lowest BCUT2D eigenvalue weighted by molar-refractivity contribution is 0.417. The van der Waals surface area contributed by atoms with Crippen molar-refractivity contribution in [3.63, 3.8) is 0 Å². The van der Waals surface area contributed by atoms with E-state index in [0.29, 0.717) is 33.7 Å². The van der Waals surface area contributed by atoms with Crippen molar-refractivity contribution in [3.05, 3.63) is 41.6 Å². The minimum Gasteiger partial charge on any atom is -0.459 e. The second kappa shape index (κ2) is 5.38. The van der Waals surface area contributed by atoms with Crippen LogP contribution >= 0.6 is 23.8 Å². The third-order valence-electron chi connectivity index (χ3n) is 2.53. The maximum Gasteiger partial charge on any atom is 0.293 e. The quantitative estimate of drug-likeness (QED) is 0.530.